The first-order valence-corrected chi connectivity index (χ1v) is 5.36. The summed E-state index contributed by atoms with van der Waals surface area (Å²) in [7, 11) is 0. The van der Waals surface area contributed by atoms with Crippen LogP contribution in [0, 0.1) is 0 Å². The van der Waals surface area contributed by atoms with E-state index in [1.807, 2.05) is 30.3 Å². The third-order valence-corrected chi connectivity index (χ3v) is 2.18. The van der Waals surface area contributed by atoms with Gasteiger partial charge < -0.3 is 20.0 Å². The number of benzene rings is 1. The minimum atomic E-state index is 0.0727. The van der Waals surface area contributed by atoms with Gasteiger partial charge in [-0.25, -0.2) is 0 Å². The molecule has 2 rings (SSSR count). The molecule has 0 aliphatic heterocycles. The van der Waals surface area contributed by atoms with Crippen LogP contribution in [0.4, 0.5) is 5.88 Å². The van der Waals surface area contributed by atoms with Crippen LogP contribution in [0.2, 0.25) is 0 Å². The Labute approximate surface area is 98.8 Å². The van der Waals surface area contributed by atoms with Crippen LogP contribution in [0.3, 0.4) is 0 Å². The Balaban J connectivity index is 2.13. The highest BCUT2D eigenvalue weighted by Gasteiger charge is 2.12. The Hall–Kier alpha value is -2.01. The third kappa shape index (κ3) is 2.76. The van der Waals surface area contributed by atoms with Crippen molar-refractivity contribution in [2.45, 2.75) is 6.42 Å². The summed E-state index contributed by atoms with van der Waals surface area (Å²) in [6, 6.07) is 9.45. The van der Waals surface area contributed by atoms with Gasteiger partial charge >= 0.3 is 0 Å². The van der Waals surface area contributed by atoms with Crippen molar-refractivity contribution in [1.29, 1.82) is 0 Å². The van der Waals surface area contributed by atoms with E-state index < -0.39 is 0 Å². The Kier molecular flexibility index (Phi) is 3.62. The quantitative estimate of drug-likeness (QED) is 0.769. The number of nitrogens with zero attached hydrogens (tertiary/aromatic N) is 1. The average Bonchev–Trinajstić information content (AvgIpc) is 2.73. The van der Waals surface area contributed by atoms with E-state index in [-0.39, 0.29) is 18.4 Å². The van der Waals surface area contributed by atoms with E-state index in [9.17, 15) is 0 Å². The molecule has 2 aromatic rings. The molecular formula is C12H14N2O3. The Bertz CT molecular complexity index is 468. The van der Waals surface area contributed by atoms with E-state index in [4.69, 9.17) is 20.0 Å². The normalized spacial score (nSPS) is 10.4. The van der Waals surface area contributed by atoms with Crippen molar-refractivity contribution in [3.8, 4) is 17.3 Å². The Morgan fingerprint density at radius 2 is 2.06 bits per heavy atom. The lowest BCUT2D eigenvalue weighted by Gasteiger charge is -1.99. The lowest BCUT2D eigenvalue weighted by atomic mass is 10.2. The van der Waals surface area contributed by atoms with Crippen molar-refractivity contribution in [1.82, 2.24) is 4.98 Å². The van der Waals surface area contributed by atoms with Gasteiger partial charge in [0.1, 0.15) is 0 Å². The predicted molar refractivity (Wildman–Crippen MR) is 63.5 cm³/mol. The average molecular weight is 234 g/mol. The number of hydrogen-bond donors (Lipinski definition) is 2. The molecule has 0 aliphatic rings. The lowest BCUT2D eigenvalue weighted by Crippen LogP contribution is -2.01. The number of anilines is 1. The number of aliphatic hydroxyl groups is 1. The molecule has 0 atom stereocenters. The number of hydrogen-bond acceptors (Lipinski definition) is 5. The molecule has 5 nitrogen and oxygen atoms in total. The van der Waals surface area contributed by atoms with Crippen LogP contribution in [-0.2, 0) is 0 Å². The van der Waals surface area contributed by atoms with Crippen molar-refractivity contribution in [3.63, 3.8) is 0 Å². The summed E-state index contributed by atoms with van der Waals surface area (Å²) in [6.45, 7) is 0.435. The largest absolute Gasteiger partial charge is 0.474 e. The summed E-state index contributed by atoms with van der Waals surface area (Å²) in [6.07, 6.45) is 0.535. The molecule has 0 bridgehead atoms. The van der Waals surface area contributed by atoms with Crippen LogP contribution >= 0.6 is 0 Å². The number of nitrogens with two attached hydrogens (primary N) is 1. The van der Waals surface area contributed by atoms with Crippen molar-refractivity contribution < 1.29 is 14.3 Å². The van der Waals surface area contributed by atoms with Gasteiger partial charge in [-0.05, 0) is 12.1 Å². The molecule has 0 fully saturated rings. The summed E-state index contributed by atoms with van der Waals surface area (Å²) < 4.78 is 10.6. The minimum absolute atomic E-state index is 0.0727. The number of rotatable bonds is 5. The highest BCUT2D eigenvalue weighted by molar-refractivity contribution is 5.56. The van der Waals surface area contributed by atoms with Crippen molar-refractivity contribution in [3.05, 3.63) is 30.3 Å². The van der Waals surface area contributed by atoms with Crippen LogP contribution < -0.4 is 10.5 Å². The Morgan fingerprint density at radius 1 is 1.29 bits per heavy atom. The summed E-state index contributed by atoms with van der Waals surface area (Å²) >= 11 is 0. The summed E-state index contributed by atoms with van der Waals surface area (Å²) in [4.78, 5) is 4.16. The van der Waals surface area contributed by atoms with Crippen LogP contribution in [0.25, 0.3) is 11.5 Å². The number of ether oxygens (including phenoxy) is 1. The molecule has 0 unspecified atom stereocenters. The van der Waals surface area contributed by atoms with Gasteiger partial charge in [0.05, 0.1) is 6.61 Å². The smallest absolute Gasteiger partial charge is 0.279 e. The first-order valence-electron chi connectivity index (χ1n) is 5.36. The molecule has 0 aliphatic carbocycles. The second-order valence-corrected chi connectivity index (χ2v) is 3.48. The zero-order chi connectivity index (χ0) is 12.1. The fourth-order valence-electron chi connectivity index (χ4n) is 1.36. The fourth-order valence-corrected chi connectivity index (χ4v) is 1.36. The maximum atomic E-state index is 8.64. The van der Waals surface area contributed by atoms with Gasteiger partial charge in [-0.1, -0.05) is 18.2 Å². The third-order valence-electron chi connectivity index (χ3n) is 2.18. The van der Waals surface area contributed by atoms with Gasteiger partial charge in [-0.2, -0.15) is 4.98 Å². The monoisotopic (exact) mass is 234 g/mol. The van der Waals surface area contributed by atoms with E-state index in [1.165, 1.54) is 0 Å². The zero-order valence-electron chi connectivity index (χ0n) is 9.30. The molecule has 5 heteroatoms. The standard InChI is InChI=1S/C12H14N2O3/c13-10-12(16-8-4-7-15)14-11(17-10)9-5-2-1-3-6-9/h1-3,5-6,15H,4,7-8,13H2. The first kappa shape index (κ1) is 11.5. The maximum absolute atomic E-state index is 8.64. The number of nitrogen functional groups attached to an aromatic ring is 1. The van der Waals surface area contributed by atoms with Crippen LogP contribution in [0.1, 0.15) is 6.42 Å². The number of oxazole rings is 1. The molecule has 90 valence electrons. The second kappa shape index (κ2) is 5.36. The SMILES string of the molecule is Nc1oc(-c2ccccc2)nc1OCCCO. The van der Waals surface area contributed by atoms with Crippen molar-refractivity contribution in [2.75, 3.05) is 18.9 Å². The van der Waals surface area contributed by atoms with E-state index >= 15 is 0 Å². The lowest BCUT2D eigenvalue weighted by molar-refractivity contribution is 0.230. The van der Waals surface area contributed by atoms with E-state index in [0.29, 0.717) is 18.9 Å². The summed E-state index contributed by atoms with van der Waals surface area (Å²) in [5, 5.41) is 8.64. The highest BCUT2D eigenvalue weighted by Crippen LogP contribution is 2.28. The molecule has 3 N–H and O–H groups in total. The van der Waals surface area contributed by atoms with Crippen LogP contribution in [-0.4, -0.2) is 23.3 Å². The molecule has 0 saturated heterocycles. The van der Waals surface area contributed by atoms with Gasteiger partial charge in [0, 0.05) is 18.6 Å². The van der Waals surface area contributed by atoms with E-state index in [2.05, 4.69) is 4.98 Å². The van der Waals surface area contributed by atoms with Gasteiger partial charge in [0.25, 0.3) is 11.8 Å². The van der Waals surface area contributed by atoms with Gasteiger partial charge in [-0.3, -0.25) is 0 Å². The Morgan fingerprint density at radius 3 is 2.76 bits per heavy atom. The van der Waals surface area contributed by atoms with Crippen molar-refractivity contribution in [2.24, 2.45) is 0 Å². The molecule has 1 aromatic heterocycles. The van der Waals surface area contributed by atoms with Gasteiger partial charge in [0.15, 0.2) is 0 Å². The molecule has 17 heavy (non-hydrogen) atoms. The van der Waals surface area contributed by atoms with Crippen molar-refractivity contribution >= 4 is 5.88 Å². The van der Waals surface area contributed by atoms with Crippen LogP contribution in [0.15, 0.2) is 34.7 Å². The molecule has 1 aromatic carbocycles. The summed E-state index contributed by atoms with van der Waals surface area (Å²) in [5.41, 5.74) is 6.49. The van der Waals surface area contributed by atoms with Gasteiger partial charge in [0.2, 0.25) is 5.89 Å². The zero-order valence-corrected chi connectivity index (χ0v) is 9.30. The molecule has 0 amide bonds. The highest BCUT2D eigenvalue weighted by atomic mass is 16.5. The molecule has 0 radical (unpaired) electrons. The topological polar surface area (TPSA) is 81.5 Å². The maximum Gasteiger partial charge on any atom is 0.279 e. The molecular weight excluding hydrogens is 220 g/mol. The van der Waals surface area contributed by atoms with E-state index in [0.717, 1.165) is 5.56 Å². The van der Waals surface area contributed by atoms with E-state index in [1.54, 1.807) is 0 Å². The van der Waals surface area contributed by atoms with Crippen LogP contribution in [0.5, 0.6) is 5.88 Å². The first-order chi connectivity index (χ1) is 8.31. The predicted octanol–water partition coefficient (Wildman–Crippen LogP) is 1.69. The number of aromatic nitrogens is 1. The number of aliphatic hydroxyl groups excluding tert-OH is 1. The fraction of sp³-hybridized carbons (Fsp3) is 0.250. The second-order valence-electron chi connectivity index (χ2n) is 3.48. The molecule has 0 saturated carbocycles. The minimum Gasteiger partial charge on any atom is -0.474 e. The van der Waals surface area contributed by atoms with Gasteiger partial charge in [-0.15, -0.1) is 0 Å². The molecule has 1 heterocycles. The molecule has 0 spiro atoms. The summed E-state index contributed by atoms with van der Waals surface area (Å²) in [5.74, 6) is 0.862.